The fourth-order valence-electron chi connectivity index (χ4n) is 1.67. The van der Waals surface area contributed by atoms with E-state index in [0.29, 0.717) is 17.9 Å². The minimum atomic E-state index is -1.19. The monoisotopic (exact) mass is 242 g/mol. The molecule has 1 rings (SSSR count). The van der Waals surface area contributed by atoms with E-state index in [1.807, 2.05) is 20.8 Å². The number of aromatic nitrogens is 2. The van der Waals surface area contributed by atoms with Gasteiger partial charge in [-0.1, -0.05) is 6.92 Å². The number of aliphatic hydroxyl groups is 2. The van der Waals surface area contributed by atoms with Crippen LogP contribution >= 0.6 is 0 Å². The van der Waals surface area contributed by atoms with Gasteiger partial charge in [0.1, 0.15) is 11.8 Å². The molecule has 0 aliphatic rings. The van der Waals surface area contributed by atoms with Crippen LogP contribution in [0.15, 0.2) is 6.20 Å². The Morgan fingerprint density at radius 3 is 2.53 bits per heavy atom. The summed E-state index contributed by atoms with van der Waals surface area (Å²) in [6.07, 6.45) is 0.984. The molecule has 0 spiro atoms. The van der Waals surface area contributed by atoms with E-state index in [4.69, 9.17) is 4.74 Å². The summed E-state index contributed by atoms with van der Waals surface area (Å²) in [6, 6.07) is 0.0937. The predicted molar refractivity (Wildman–Crippen MR) is 65.0 cm³/mol. The van der Waals surface area contributed by atoms with Crippen molar-refractivity contribution in [2.45, 2.75) is 51.9 Å². The van der Waals surface area contributed by atoms with Crippen molar-refractivity contribution in [3.8, 4) is 5.75 Å². The Morgan fingerprint density at radius 2 is 2.12 bits per heavy atom. The van der Waals surface area contributed by atoms with Crippen LogP contribution in [0.4, 0.5) is 0 Å². The molecule has 0 saturated carbocycles. The molecule has 2 N–H and O–H groups in total. The maximum Gasteiger partial charge on any atom is 0.162 e. The van der Waals surface area contributed by atoms with Gasteiger partial charge in [0.15, 0.2) is 5.75 Å². The van der Waals surface area contributed by atoms with E-state index in [2.05, 4.69) is 5.10 Å². The molecule has 0 aromatic carbocycles. The molecule has 98 valence electrons. The van der Waals surface area contributed by atoms with Crippen molar-refractivity contribution in [1.82, 2.24) is 9.78 Å². The molecule has 2 unspecified atom stereocenters. The van der Waals surface area contributed by atoms with Crippen molar-refractivity contribution in [3.63, 3.8) is 0 Å². The van der Waals surface area contributed by atoms with Crippen molar-refractivity contribution in [3.05, 3.63) is 11.9 Å². The van der Waals surface area contributed by atoms with E-state index < -0.39 is 11.7 Å². The summed E-state index contributed by atoms with van der Waals surface area (Å²) in [5.41, 5.74) is -0.672. The van der Waals surface area contributed by atoms with Crippen LogP contribution in [0.1, 0.15) is 52.0 Å². The molecule has 5 nitrogen and oxygen atoms in total. The summed E-state index contributed by atoms with van der Waals surface area (Å²) in [5.74, 6) is 0.500. The molecule has 0 bridgehead atoms. The molecular weight excluding hydrogens is 220 g/mol. The van der Waals surface area contributed by atoms with Gasteiger partial charge in [-0.15, -0.1) is 0 Å². The molecule has 1 aromatic rings. The first kappa shape index (κ1) is 14.0. The topological polar surface area (TPSA) is 67.5 Å². The third-order valence-corrected chi connectivity index (χ3v) is 3.07. The zero-order valence-electron chi connectivity index (χ0n) is 11.1. The highest BCUT2D eigenvalue weighted by Crippen LogP contribution is 2.35. The van der Waals surface area contributed by atoms with E-state index in [9.17, 15) is 10.2 Å². The Balaban J connectivity index is 3.23. The van der Waals surface area contributed by atoms with Crippen LogP contribution in [0.25, 0.3) is 0 Å². The largest absolute Gasteiger partial charge is 0.493 e. The van der Waals surface area contributed by atoms with E-state index in [0.717, 1.165) is 0 Å². The van der Waals surface area contributed by atoms with Gasteiger partial charge in [-0.3, -0.25) is 4.68 Å². The summed E-state index contributed by atoms with van der Waals surface area (Å²) in [4.78, 5) is 0. The van der Waals surface area contributed by atoms with Gasteiger partial charge in [0.2, 0.25) is 0 Å². The van der Waals surface area contributed by atoms with Crippen LogP contribution in [0.5, 0.6) is 5.75 Å². The second-order valence-corrected chi connectivity index (χ2v) is 4.75. The van der Waals surface area contributed by atoms with Gasteiger partial charge >= 0.3 is 0 Å². The fraction of sp³-hybridized carbons (Fsp3) is 0.750. The fourth-order valence-corrected chi connectivity index (χ4v) is 1.67. The van der Waals surface area contributed by atoms with Crippen LogP contribution < -0.4 is 4.74 Å². The highest BCUT2D eigenvalue weighted by atomic mass is 16.5. The molecule has 5 heteroatoms. The van der Waals surface area contributed by atoms with Gasteiger partial charge in [-0.05, 0) is 27.2 Å². The average molecular weight is 242 g/mol. The molecule has 0 aliphatic heterocycles. The van der Waals surface area contributed by atoms with Crippen LogP contribution in [0.3, 0.4) is 0 Å². The molecule has 17 heavy (non-hydrogen) atoms. The molecule has 1 aromatic heterocycles. The molecule has 0 radical (unpaired) electrons. The lowest BCUT2D eigenvalue weighted by Gasteiger charge is -2.29. The first-order valence-corrected chi connectivity index (χ1v) is 5.87. The minimum Gasteiger partial charge on any atom is -0.493 e. The first-order chi connectivity index (χ1) is 7.85. The Hall–Kier alpha value is -1.07. The number of aliphatic hydroxyl groups excluding tert-OH is 1. The summed E-state index contributed by atoms with van der Waals surface area (Å²) >= 11 is 0. The van der Waals surface area contributed by atoms with Crippen molar-refractivity contribution in [1.29, 1.82) is 0 Å². The van der Waals surface area contributed by atoms with Crippen LogP contribution in [-0.4, -0.2) is 32.7 Å². The quantitative estimate of drug-likeness (QED) is 0.824. The molecule has 0 amide bonds. The second-order valence-electron chi connectivity index (χ2n) is 4.75. The average Bonchev–Trinajstić information content (AvgIpc) is 2.71. The predicted octanol–water partition coefficient (Wildman–Crippen LogP) is 1.67. The number of hydrogen-bond donors (Lipinski definition) is 2. The minimum absolute atomic E-state index is 0.0937. The van der Waals surface area contributed by atoms with Crippen molar-refractivity contribution < 1.29 is 14.9 Å². The standard InChI is InChI=1S/C12H22N2O3/c1-6-12(4,16)11(15)10-9(17-5)7-13-14(10)8(2)3/h7-8,11,15-16H,6H2,1-5H3. The molecule has 0 aliphatic carbocycles. The lowest BCUT2D eigenvalue weighted by atomic mass is 9.93. The Bertz CT molecular complexity index is 372. The van der Waals surface area contributed by atoms with Gasteiger partial charge in [0.05, 0.1) is 18.9 Å². The molecule has 0 fully saturated rings. The van der Waals surface area contributed by atoms with Gasteiger partial charge in [0, 0.05) is 6.04 Å². The SMILES string of the molecule is CCC(C)(O)C(O)c1c(OC)cnn1C(C)C. The van der Waals surface area contributed by atoms with Crippen molar-refractivity contribution >= 4 is 0 Å². The third kappa shape index (κ3) is 2.61. The highest BCUT2D eigenvalue weighted by molar-refractivity contribution is 5.29. The van der Waals surface area contributed by atoms with Gasteiger partial charge in [-0.25, -0.2) is 0 Å². The molecular formula is C12H22N2O3. The number of nitrogens with zero attached hydrogens (tertiary/aromatic N) is 2. The van der Waals surface area contributed by atoms with Crippen LogP contribution in [0, 0.1) is 0 Å². The highest BCUT2D eigenvalue weighted by Gasteiger charge is 2.35. The summed E-state index contributed by atoms with van der Waals surface area (Å²) in [7, 11) is 1.53. The van der Waals surface area contributed by atoms with E-state index >= 15 is 0 Å². The number of rotatable bonds is 5. The second kappa shape index (κ2) is 5.06. The summed E-state index contributed by atoms with van der Waals surface area (Å²) in [6.45, 7) is 7.35. The zero-order chi connectivity index (χ0) is 13.2. The molecule has 2 atom stereocenters. The van der Waals surface area contributed by atoms with Gasteiger partial charge in [0.25, 0.3) is 0 Å². The van der Waals surface area contributed by atoms with E-state index in [1.54, 1.807) is 17.8 Å². The summed E-state index contributed by atoms with van der Waals surface area (Å²) in [5, 5.41) is 24.6. The van der Waals surface area contributed by atoms with Crippen molar-refractivity contribution in [2.75, 3.05) is 7.11 Å². The third-order valence-electron chi connectivity index (χ3n) is 3.07. The Morgan fingerprint density at radius 1 is 1.53 bits per heavy atom. The number of hydrogen-bond acceptors (Lipinski definition) is 4. The van der Waals surface area contributed by atoms with Crippen LogP contribution in [-0.2, 0) is 0 Å². The lowest BCUT2D eigenvalue weighted by Crippen LogP contribution is -2.33. The van der Waals surface area contributed by atoms with Gasteiger partial charge in [-0.2, -0.15) is 5.10 Å². The maximum absolute atomic E-state index is 10.3. The zero-order valence-corrected chi connectivity index (χ0v) is 11.1. The Kier molecular flexibility index (Phi) is 4.16. The van der Waals surface area contributed by atoms with Crippen molar-refractivity contribution in [2.24, 2.45) is 0 Å². The smallest absolute Gasteiger partial charge is 0.162 e. The maximum atomic E-state index is 10.3. The van der Waals surface area contributed by atoms with E-state index in [-0.39, 0.29) is 6.04 Å². The normalized spacial score (nSPS) is 16.9. The molecule has 0 saturated heterocycles. The summed E-state index contributed by atoms with van der Waals surface area (Å²) < 4.78 is 6.86. The lowest BCUT2D eigenvalue weighted by molar-refractivity contribution is -0.0708. The molecule has 1 heterocycles. The van der Waals surface area contributed by atoms with Crippen LogP contribution in [0.2, 0.25) is 0 Å². The Labute approximate surface area is 102 Å². The number of ether oxygens (including phenoxy) is 1. The van der Waals surface area contributed by atoms with Gasteiger partial charge < -0.3 is 14.9 Å². The van der Waals surface area contributed by atoms with E-state index in [1.165, 1.54) is 7.11 Å². The number of methoxy groups -OCH3 is 1. The first-order valence-electron chi connectivity index (χ1n) is 5.87.